The maximum Gasteiger partial charge on any atom is 0.252 e. The summed E-state index contributed by atoms with van der Waals surface area (Å²) < 4.78 is 0. The van der Waals surface area contributed by atoms with Crippen molar-refractivity contribution in [2.45, 2.75) is 13.0 Å². The fourth-order valence-corrected chi connectivity index (χ4v) is 2.39. The molecule has 0 radical (unpaired) electrons. The molecular weight excluding hydrogens is 321 g/mol. The summed E-state index contributed by atoms with van der Waals surface area (Å²) >= 11 is 12.2. The summed E-state index contributed by atoms with van der Waals surface area (Å²) in [4.78, 5) is 11.7. The number of nitrogens with one attached hydrogen (secondary N) is 1. The topological polar surface area (TPSA) is 49.3 Å². The third-order valence-electron chi connectivity index (χ3n) is 3.14. The first-order chi connectivity index (χ1) is 10.4. The number of halogens is 2. The Labute approximate surface area is 139 Å². The van der Waals surface area contributed by atoms with Crippen molar-refractivity contribution in [3.8, 4) is 0 Å². The van der Waals surface area contributed by atoms with E-state index in [0.29, 0.717) is 26.9 Å². The Hall–Kier alpha value is -1.81. The van der Waals surface area contributed by atoms with E-state index in [-0.39, 0.29) is 0 Å². The predicted octanol–water partition coefficient (Wildman–Crippen LogP) is 4.37. The van der Waals surface area contributed by atoms with E-state index < -0.39 is 12.0 Å². The number of anilines is 1. The van der Waals surface area contributed by atoms with Crippen molar-refractivity contribution in [2.75, 3.05) is 5.32 Å². The molecule has 2 rings (SSSR count). The van der Waals surface area contributed by atoms with Gasteiger partial charge in [-0.05, 0) is 36.8 Å². The molecule has 2 N–H and O–H groups in total. The first kappa shape index (κ1) is 16.6. The zero-order chi connectivity index (χ0) is 16.3. The Morgan fingerprint density at radius 1 is 1.18 bits per heavy atom. The minimum atomic E-state index is -1.11. The summed E-state index contributed by atoms with van der Waals surface area (Å²) in [5.74, 6) is -0.504. The third kappa shape index (κ3) is 3.69. The molecule has 0 heterocycles. The summed E-state index contributed by atoms with van der Waals surface area (Å²) in [5, 5.41) is 13.1. The van der Waals surface area contributed by atoms with Crippen molar-refractivity contribution in [2.24, 2.45) is 0 Å². The molecule has 5 heteroatoms. The van der Waals surface area contributed by atoms with Gasteiger partial charge in [-0.1, -0.05) is 48.0 Å². The number of rotatable bonds is 4. The zero-order valence-corrected chi connectivity index (χ0v) is 13.4. The maximum atomic E-state index is 11.7. The molecule has 0 aliphatic rings. The number of hydrogen-bond acceptors (Lipinski definition) is 2. The Balaban J connectivity index is 2.45. The molecule has 0 bridgehead atoms. The number of aliphatic hydroxyl groups is 1. The van der Waals surface area contributed by atoms with E-state index >= 15 is 0 Å². The van der Waals surface area contributed by atoms with Crippen LogP contribution in [-0.4, -0.2) is 17.1 Å². The van der Waals surface area contributed by atoms with Crippen molar-refractivity contribution >= 4 is 40.4 Å². The van der Waals surface area contributed by atoms with Gasteiger partial charge in [0.1, 0.15) is 6.10 Å². The molecule has 1 atom stereocenters. The summed E-state index contributed by atoms with van der Waals surface area (Å²) in [7, 11) is 0. The average Bonchev–Trinajstić information content (AvgIpc) is 2.48. The molecule has 0 spiro atoms. The minimum absolute atomic E-state index is 0.504. The van der Waals surface area contributed by atoms with Crippen LogP contribution in [0.15, 0.2) is 49.0 Å². The van der Waals surface area contributed by atoms with E-state index in [1.165, 1.54) is 6.92 Å². The lowest BCUT2D eigenvalue weighted by Gasteiger charge is -2.15. The zero-order valence-electron chi connectivity index (χ0n) is 11.9. The molecule has 0 saturated heterocycles. The Morgan fingerprint density at radius 3 is 2.50 bits per heavy atom. The van der Waals surface area contributed by atoms with Crippen molar-refractivity contribution in [1.29, 1.82) is 0 Å². The van der Waals surface area contributed by atoms with Gasteiger partial charge in [0, 0.05) is 26.9 Å². The average molecular weight is 336 g/mol. The first-order valence-corrected chi connectivity index (χ1v) is 7.38. The number of amides is 1. The van der Waals surface area contributed by atoms with Gasteiger partial charge in [0.25, 0.3) is 5.91 Å². The smallest absolute Gasteiger partial charge is 0.252 e. The molecule has 0 saturated carbocycles. The number of carbonyl (C=O) groups is 1. The molecule has 1 amide bonds. The van der Waals surface area contributed by atoms with E-state index in [2.05, 4.69) is 11.9 Å². The highest BCUT2D eigenvalue weighted by molar-refractivity contribution is 6.33. The summed E-state index contributed by atoms with van der Waals surface area (Å²) in [6, 6.07) is 12.3. The van der Waals surface area contributed by atoms with E-state index in [4.69, 9.17) is 23.2 Å². The van der Waals surface area contributed by atoms with E-state index in [1.807, 2.05) is 18.2 Å². The van der Waals surface area contributed by atoms with Crippen LogP contribution in [0.25, 0.3) is 5.57 Å². The second-order valence-corrected chi connectivity index (χ2v) is 5.66. The molecule has 2 aromatic rings. The van der Waals surface area contributed by atoms with Crippen LogP contribution in [0.4, 0.5) is 5.69 Å². The molecule has 2 aromatic carbocycles. The van der Waals surface area contributed by atoms with Gasteiger partial charge >= 0.3 is 0 Å². The molecule has 22 heavy (non-hydrogen) atoms. The van der Waals surface area contributed by atoms with Crippen LogP contribution in [0.3, 0.4) is 0 Å². The van der Waals surface area contributed by atoms with Crippen LogP contribution < -0.4 is 5.32 Å². The lowest BCUT2D eigenvalue weighted by atomic mass is 9.98. The molecule has 0 aliphatic carbocycles. The second-order valence-electron chi connectivity index (χ2n) is 4.81. The molecule has 3 nitrogen and oxygen atoms in total. The van der Waals surface area contributed by atoms with Crippen molar-refractivity contribution in [1.82, 2.24) is 0 Å². The fraction of sp³-hybridized carbons (Fsp3) is 0.118. The fourth-order valence-electron chi connectivity index (χ4n) is 1.96. The third-order valence-corrected chi connectivity index (χ3v) is 3.71. The van der Waals surface area contributed by atoms with Crippen molar-refractivity contribution in [3.63, 3.8) is 0 Å². The van der Waals surface area contributed by atoms with Gasteiger partial charge in [-0.15, -0.1) is 0 Å². The SMILES string of the molecule is C=C(c1ccccc1Cl)c1cc(Cl)ccc1NC(=O)C(C)O. The lowest BCUT2D eigenvalue weighted by molar-refractivity contribution is -0.123. The number of aliphatic hydroxyl groups excluding tert-OH is 1. The van der Waals surface area contributed by atoms with Crippen molar-refractivity contribution < 1.29 is 9.90 Å². The first-order valence-electron chi connectivity index (χ1n) is 6.63. The number of benzene rings is 2. The summed E-state index contributed by atoms with van der Waals surface area (Å²) in [5.41, 5.74) is 2.54. The highest BCUT2D eigenvalue weighted by atomic mass is 35.5. The van der Waals surface area contributed by atoms with Gasteiger partial charge in [0.15, 0.2) is 0 Å². The molecule has 114 valence electrons. The normalized spacial score (nSPS) is 11.8. The van der Waals surface area contributed by atoms with Crippen LogP contribution in [0.1, 0.15) is 18.1 Å². The quantitative estimate of drug-likeness (QED) is 0.871. The van der Waals surface area contributed by atoms with Crippen LogP contribution in [0, 0.1) is 0 Å². The van der Waals surface area contributed by atoms with E-state index in [0.717, 1.165) is 5.56 Å². The Kier molecular flexibility index (Phi) is 5.24. The van der Waals surface area contributed by atoms with Crippen molar-refractivity contribution in [3.05, 3.63) is 70.2 Å². The lowest BCUT2D eigenvalue weighted by Crippen LogP contribution is -2.25. The molecule has 0 aromatic heterocycles. The van der Waals surface area contributed by atoms with Gasteiger partial charge in [-0.3, -0.25) is 4.79 Å². The molecule has 0 aliphatic heterocycles. The van der Waals surface area contributed by atoms with Gasteiger partial charge in [0.05, 0.1) is 0 Å². The van der Waals surface area contributed by atoms with Gasteiger partial charge < -0.3 is 10.4 Å². The monoisotopic (exact) mass is 335 g/mol. The van der Waals surface area contributed by atoms with Crippen LogP contribution in [-0.2, 0) is 4.79 Å². The number of hydrogen-bond donors (Lipinski definition) is 2. The summed E-state index contributed by atoms with van der Waals surface area (Å²) in [6.45, 7) is 5.45. The Morgan fingerprint density at radius 2 is 1.86 bits per heavy atom. The second kappa shape index (κ2) is 6.97. The van der Waals surface area contributed by atoms with E-state index in [1.54, 1.807) is 24.3 Å². The summed E-state index contributed by atoms with van der Waals surface area (Å²) in [6.07, 6.45) is -1.11. The highest BCUT2D eigenvalue weighted by Gasteiger charge is 2.15. The van der Waals surface area contributed by atoms with Gasteiger partial charge in [-0.2, -0.15) is 0 Å². The van der Waals surface area contributed by atoms with Gasteiger partial charge in [0.2, 0.25) is 0 Å². The van der Waals surface area contributed by atoms with Gasteiger partial charge in [-0.25, -0.2) is 0 Å². The van der Waals surface area contributed by atoms with Crippen LogP contribution in [0.2, 0.25) is 10.0 Å². The Bertz CT molecular complexity index is 726. The predicted molar refractivity (Wildman–Crippen MR) is 91.4 cm³/mol. The van der Waals surface area contributed by atoms with Crippen LogP contribution in [0.5, 0.6) is 0 Å². The minimum Gasteiger partial charge on any atom is -0.384 e. The highest BCUT2D eigenvalue weighted by Crippen LogP contribution is 2.33. The molecule has 1 unspecified atom stereocenters. The largest absolute Gasteiger partial charge is 0.384 e. The number of carbonyl (C=O) groups excluding carboxylic acids is 1. The molecular formula is C17H15Cl2NO2. The molecule has 0 fully saturated rings. The standard InChI is InChI=1S/C17H15Cl2NO2/c1-10(13-5-3-4-6-15(13)19)14-9-12(18)7-8-16(14)20-17(22)11(2)21/h3-9,11,21H,1H2,2H3,(H,20,22). The maximum absolute atomic E-state index is 11.7. The van der Waals surface area contributed by atoms with E-state index in [9.17, 15) is 9.90 Å². The van der Waals surface area contributed by atoms with Crippen LogP contribution >= 0.6 is 23.2 Å².